The Kier molecular flexibility index (Phi) is 4.31. The Morgan fingerprint density at radius 2 is 1.62 bits per heavy atom. The minimum absolute atomic E-state index is 0.113. The van der Waals surface area contributed by atoms with Gasteiger partial charge in [-0.25, -0.2) is 4.39 Å². The number of hydrogen-bond acceptors (Lipinski definition) is 3. The number of alkyl halides is 3. The van der Waals surface area contributed by atoms with Crippen molar-refractivity contribution in [3.05, 3.63) is 11.9 Å². The van der Waals surface area contributed by atoms with E-state index in [9.17, 15) is 26.0 Å². The third-order valence-electron chi connectivity index (χ3n) is 6.21. The summed E-state index contributed by atoms with van der Waals surface area (Å²) in [6, 6.07) is 0. The maximum Gasteiger partial charge on any atom is 0.523 e. The molecule has 0 heterocycles. The van der Waals surface area contributed by atoms with E-state index in [0.717, 1.165) is 31.8 Å². The summed E-state index contributed by atoms with van der Waals surface area (Å²) in [4.78, 5) is 0. The molecular formula is C16H22F4O3S. The van der Waals surface area contributed by atoms with Crippen molar-refractivity contribution in [2.24, 2.45) is 17.3 Å². The molecule has 138 valence electrons. The Hall–Kier alpha value is -0.630. The molecule has 0 spiro atoms. The second-order valence-corrected chi connectivity index (χ2v) is 9.19. The van der Waals surface area contributed by atoms with Crippen molar-refractivity contribution in [3.8, 4) is 0 Å². The summed E-state index contributed by atoms with van der Waals surface area (Å²) in [5.74, 6) is 0.329. The molecule has 3 nitrogen and oxygen atoms in total. The van der Waals surface area contributed by atoms with Gasteiger partial charge in [-0.15, -0.1) is 0 Å². The van der Waals surface area contributed by atoms with Gasteiger partial charge in [-0.3, -0.25) is 4.18 Å². The third-order valence-corrected chi connectivity index (χ3v) is 7.33. The molecule has 4 aliphatic carbocycles. The Morgan fingerprint density at radius 1 is 1.08 bits per heavy atom. The quantitative estimate of drug-likeness (QED) is 0.405. The highest BCUT2D eigenvalue weighted by molar-refractivity contribution is 7.87. The standard InChI is InChI=1S/C16H22F4O3S/c1-11-2-4-12(5-3-11)15-8-6-14(7-9-15,10-13(15)17)23-24(21,22)16(18,19)20/h10-12H,2-9H2,1H3. The largest absolute Gasteiger partial charge is 0.523 e. The van der Waals surface area contributed by atoms with Crippen LogP contribution >= 0.6 is 0 Å². The molecule has 2 bridgehead atoms. The van der Waals surface area contributed by atoms with Crippen LogP contribution in [0.2, 0.25) is 0 Å². The fourth-order valence-corrected chi connectivity index (χ4v) is 5.41. The van der Waals surface area contributed by atoms with Gasteiger partial charge in [0.05, 0.1) is 0 Å². The summed E-state index contributed by atoms with van der Waals surface area (Å²) in [5.41, 5.74) is -7.80. The van der Waals surface area contributed by atoms with Gasteiger partial charge in [0.25, 0.3) is 0 Å². The van der Waals surface area contributed by atoms with Crippen molar-refractivity contribution < 1.29 is 30.2 Å². The zero-order valence-electron chi connectivity index (χ0n) is 13.5. The van der Waals surface area contributed by atoms with Gasteiger partial charge < -0.3 is 0 Å². The molecule has 24 heavy (non-hydrogen) atoms. The van der Waals surface area contributed by atoms with Crippen molar-refractivity contribution >= 4 is 10.1 Å². The maximum absolute atomic E-state index is 14.8. The van der Waals surface area contributed by atoms with Crippen molar-refractivity contribution in [3.63, 3.8) is 0 Å². The lowest BCUT2D eigenvalue weighted by Gasteiger charge is -2.53. The number of allylic oxidation sites excluding steroid dienone is 1. The van der Waals surface area contributed by atoms with E-state index < -0.39 is 32.5 Å². The van der Waals surface area contributed by atoms with Crippen LogP contribution in [-0.4, -0.2) is 19.5 Å². The monoisotopic (exact) mass is 370 g/mol. The molecule has 0 radical (unpaired) electrons. The zero-order chi connectivity index (χ0) is 17.8. The SMILES string of the molecule is CC1CCC(C23CCC(OS(=O)(=O)C(F)(F)F)(C=C2F)CC3)CC1. The Bertz CT molecular complexity index is 622. The van der Waals surface area contributed by atoms with Gasteiger partial charge in [0.1, 0.15) is 11.4 Å². The molecule has 0 aliphatic heterocycles. The van der Waals surface area contributed by atoms with Crippen LogP contribution in [0.25, 0.3) is 0 Å². The second kappa shape index (κ2) is 5.69. The lowest BCUT2D eigenvalue weighted by atomic mass is 9.54. The van der Waals surface area contributed by atoms with Crippen LogP contribution < -0.4 is 0 Å². The summed E-state index contributed by atoms with van der Waals surface area (Å²) < 4.78 is 79.7. The normalized spacial score (nSPS) is 40.5. The minimum atomic E-state index is -5.73. The highest BCUT2D eigenvalue weighted by Gasteiger charge is 2.58. The van der Waals surface area contributed by atoms with Crippen LogP contribution in [0, 0.1) is 17.3 Å². The van der Waals surface area contributed by atoms with Gasteiger partial charge in [-0.2, -0.15) is 21.6 Å². The molecule has 2 saturated carbocycles. The molecule has 0 unspecified atom stereocenters. The molecule has 8 heteroatoms. The molecule has 0 aromatic heterocycles. The highest BCUT2D eigenvalue weighted by atomic mass is 32.2. The van der Waals surface area contributed by atoms with Crippen molar-refractivity contribution in [1.82, 2.24) is 0 Å². The van der Waals surface area contributed by atoms with E-state index >= 15 is 0 Å². The van der Waals surface area contributed by atoms with E-state index in [0.29, 0.717) is 18.8 Å². The first-order valence-corrected chi connectivity index (χ1v) is 9.81. The molecule has 4 rings (SSSR count). The molecule has 0 aromatic rings. The summed E-state index contributed by atoms with van der Waals surface area (Å²) in [6.07, 6.45) is 5.83. The Balaban J connectivity index is 1.83. The van der Waals surface area contributed by atoms with Gasteiger partial charge in [0.2, 0.25) is 0 Å². The summed E-state index contributed by atoms with van der Waals surface area (Å²) >= 11 is 0. The van der Waals surface area contributed by atoms with Crippen LogP contribution in [0.3, 0.4) is 0 Å². The van der Waals surface area contributed by atoms with Crippen molar-refractivity contribution in [2.75, 3.05) is 0 Å². The highest BCUT2D eigenvalue weighted by Crippen LogP contribution is 2.60. The topological polar surface area (TPSA) is 43.4 Å². The van der Waals surface area contributed by atoms with Crippen LogP contribution in [0.5, 0.6) is 0 Å². The minimum Gasteiger partial charge on any atom is -0.252 e. The summed E-state index contributed by atoms with van der Waals surface area (Å²) in [5, 5.41) is 0. The molecule has 0 atom stereocenters. The van der Waals surface area contributed by atoms with Gasteiger partial charge in [-0.05, 0) is 56.4 Å². The third kappa shape index (κ3) is 2.89. The summed E-state index contributed by atoms with van der Waals surface area (Å²) in [6.45, 7) is 2.17. The lowest BCUT2D eigenvalue weighted by molar-refractivity contribution is -0.0766. The smallest absolute Gasteiger partial charge is 0.252 e. The number of rotatable bonds is 3. The van der Waals surface area contributed by atoms with Gasteiger partial charge >= 0.3 is 15.6 Å². The summed E-state index contributed by atoms with van der Waals surface area (Å²) in [7, 11) is -5.73. The average Bonchev–Trinajstić information content (AvgIpc) is 2.47. The van der Waals surface area contributed by atoms with Crippen molar-refractivity contribution in [2.45, 2.75) is 69.4 Å². The first-order chi connectivity index (χ1) is 11.0. The fourth-order valence-electron chi connectivity index (χ4n) is 4.67. The number of halogens is 4. The van der Waals surface area contributed by atoms with E-state index in [4.69, 9.17) is 0 Å². The fraction of sp³-hybridized carbons (Fsp3) is 0.875. The predicted octanol–water partition coefficient (Wildman–Crippen LogP) is 4.85. The molecular weight excluding hydrogens is 348 g/mol. The maximum atomic E-state index is 14.8. The van der Waals surface area contributed by atoms with E-state index in [1.807, 2.05) is 0 Å². The van der Waals surface area contributed by atoms with E-state index in [1.54, 1.807) is 0 Å². The second-order valence-electron chi connectivity index (χ2n) is 7.65. The van der Waals surface area contributed by atoms with Gasteiger partial charge in [0.15, 0.2) is 0 Å². The van der Waals surface area contributed by atoms with Crippen LogP contribution in [0.15, 0.2) is 11.9 Å². The first kappa shape index (κ1) is 18.2. The van der Waals surface area contributed by atoms with E-state index in [1.165, 1.54) is 0 Å². The molecule has 0 N–H and O–H groups in total. The molecule has 0 aromatic carbocycles. The lowest BCUT2D eigenvalue weighted by Crippen LogP contribution is -2.51. The molecule has 0 saturated heterocycles. The van der Waals surface area contributed by atoms with Crippen LogP contribution in [-0.2, 0) is 14.3 Å². The number of hydrogen-bond donors (Lipinski definition) is 0. The molecule has 0 amide bonds. The van der Waals surface area contributed by atoms with E-state index in [2.05, 4.69) is 11.1 Å². The van der Waals surface area contributed by atoms with E-state index in [-0.39, 0.29) is 18.8 Å². The van der Waals surface area contributed by atoms with Crippen molar-refractivity contribution in [1.29, 1.82) is 0 Å². The van der Waals surface area contributed by atoms with Crippen LogP contribution in [0.1, 0.15) is 58.3 Å². The number of fused-ring (bicyclic) bond motifs is 2. The average molecular weight is 370 g/mol. The Morgan fingerprint density at radius 3 is 2.08 bits per heavy atom. The van der Waals surface area contributed by atoms with Gasteiger partial charge in [-0.1, -0.05) is 19.8 Å². The Labute approximate surface area is 139 Å². The zero-order valence-corrected chi connectivity index (χ0v) is 14.4. The first-order valence-electron chi connectivity index (χ1n) is 8.40. The molecule has 4 aliphatic rings. The van der Waals surface area contributed by atoms with Crippen LogP contribution in [0.4, 0.5) is 17.6 Å². The van der Waals surface area contributed by atoms with Gasteiger partial charge in [0, 0.05) is 5.41 Å². The molecule has 2 fully saturated rings. The predicted molar refractivity (Wildman–Crippen MR) is 80.0 cm³/mol.